The van der Waals surface area contributed by atoms with Crippen LogP contribution in [0.3, 0.4) is 0 Å². The van der Waals surface area contributed by atoms with E-state index in [1.54, 1.807) is 0 Å². The molecule has 0 spiro atoms. The van der Waals surface area contributed by atoms with Crippen LogP contribution in [0.1, 0.15) is 19.2 Å². The van der Waals surface area contributed by atoms with Crippen LogP contribution in [-0.4, -0.2) is 22.7 Å². The minimum Gasteiger partial charge on any atom is -0.361 e. The molecule has 1 aromatic rings. The van der Waals surface area contributed by atoms with Crippen molar-refractivity contribution in [2.24, 2.45) is 0 Å². The predicted octanol–water partition coefficient (Wildman–Crippen LogP) is 3.17. The molecule has 0 atom stereocenters. The van der Waals surface area contributed by atoms with Gasteiger partial charge in [0.1, 0.15) is 22.8 Å². The van der Waals surface area contributed by atoms with Crippen LogP contribution < -0.4 is 5.32 Å². The van der Waals surface area contributed by atoms with Crippen LogP contribution >= 0.6 is 15.9 Å². The fraction of sp³-hybridized carbons (Fsp3) is 0.556. The molecule has 3 nitrogen and oxygen atoms in total. The molecule has 0 unspecified atom stereocenters. The quantitative estimate of drug-likeness (QED) is 0.868. The third-order valence-electron chi connectivity index (χ3n) is 1.68. The topological polar surface area (TPSA) is 37.8 Å². The first-order valence-corrected chi connectivity index (χ1v) is 5.54. The molecule has 1 heterocycles. The average molecular weight is 298 g/mol. The third kappa shape index (κ3) is 4.78. The van der Waals surface area contributed by atoms with Crippen LogP contribution in [0.2, 0.25) is 0 Å². The molecule has 0 bridgehead atoms. The fourth-order valence-electron chi connectivity index (χ4n) is 1.08. The first-order valence-electron chi connectivity index (χ1n) is 4.75. The van der Waals surface area contributed by atoms with Gasteiger partial charge in [-0.3, -0.25) is 0 Å². The van der Waals surface area contributed by atoms with Crippen molar-refractivity contribution in [2.45, 2.75) is 25.9 Å². The number of alkyl halides is 3. The van der Waals surface area contributed by atoms with Gasteiger partial charge in [0, 0.05) is 12.5 Å². The second kappa shape index (κ2) is 5.47. The van der Waals surface area contributed by atoms with Gasteiger partial charge < -0.3 is 5.32 Å². The van der Waals surface area contributed by atoms with E-state index in [9.17, 15) is 13.2 Å². The molecule has 0 amide bonds. The Balaban J connectivity index is 2.72. The smallest absolute Gasteiger partial charge is 0.361 e. The lowest BCUT2D eigenvalue weighted by molar-refractivity contribution is -0.115. The van der Waals surface area contributed by atoms with E-state index in [-0.39, 0.29) is 5.82 Å². The number of nitrogens with zero attached hydrogens (tertiary/aromatic N) is 2. The minimum absolute atomic E-state index is 0.183. The van der Waals surface area contributed by atoms with Gasteiger partial charge in [0.25, 0.3) is 0 Å². The highest BCUT2D eigenvalue weighted by atomic mass is 79.9. The molecule has 90 valence electrons. The Bertz CT molecular complexity index is 354. The van der Waals surface area contributed by atoms with E-state index in [0.717, 1.165) is 6.42 Å². The summed E-state index contributed by atoms with van der Waals surface area (Å²) >= 11 is 3.13. The van der Waals surface area contributed by atoms with Gasteiger partial charge in [-0.1, -0.05) is 6.92 Å². The number of halogens is 4. The van der Waals surface area contributed by atoms with Gasteiger partial charge in [0.15, 0.2) is 0 Å². The first kappa shape index (κ1) is 13.2. The molecular weight excluding hydrogens is 287 g/mol. The molecule has 0 aromatic carbocycles. The Kier molecular flexibility index (Phi) is 4.52. The molecule has 0 radical (unpaired) electrons. The normalized spacial score (nSPS) is 11.6. The summed E-state index contributed by atoms with van der Waals surface area (Å²) in [5, 5.41) is 2.22. The summed E-state index contributed by atoms with van der Waals surface area (Å²) in [7, 11) is 0. The van der Waals surface area contributed by atoms with Gasteiger partial charge in [-0.05, 0) is 22.4 Å². The number of anilines is 1. The summed E-state index contributed by atoms with van der Waals surface area (Å²) in [5.74, 6) is 0.712. The standard InChI is InChI=1S/C9H11BrF3N3/c1-2-3-7-15-6(10)4-8(16-7)14-5-9(11,12)13/h4H,2-3,5H2,1H3,(H,14,15,16). The van der Waals surface area contributed by atoms with Gasteiger partial charge in [0.2, 0.25) is 0 Å². The third-order valence-corrected chi connectivity index (χ3v) is 2.09. The number of nitrogens with one attached hydrogen (secondary N) is 1. The molecule has 0 aliphatic rings. The lowest BCUT2D eigenvalue weighted by Crippen LogP contribution is -2.22. The van der Waals surface area contributed by atoms with Crippen molar-refractivity contribution >= 4 is 21.7 Å². The highest BCUT2D eigenvalue weighted by Gasteiger charge is 2.26. The molecule has 0 aliphatic heterocycles. The average Bonchev–Trinajstić information content (AvgIpc) is 2.13. The predicted molar refractivity (Wildman–Crippen MR) is 58.3 cm³/mol. The Morgan fingerprint density at radius 2 is 2.06 bits per heavy atom. The van der Waals surface area contributed by atoms with Gasteiger partial charge >= 0.3 is 6.18 Å². The molecule has 0 saturated heterocycles. The molecular formula is C9H11BrF3N3. The van der Waals surface area contributed by atoms with Crippen molar-refractivity contribution in [3.63, 3.8) is 0 Å². The van der Waals surface area contributed by atoms with Crippen molar-refractivity contribution < 1.29 is 13.2 Å². The summed E-state index contributed by atoms with van der Waals surface area (Å²) in [4.78, 5) is 8.03. The highest BCUT2D eigenvalue weighted by molar-refractivity contribution is 9.10. The maximum absolute atomic E-state index is 12.0. The van der Waals surface area contributed by atoms with E-state index in [4.69, 9.17) is 0 Å². The Morgan fingerprint density at radius 3 is 2.62 bits per heavy atom. The zero-order valence-corrected chi connectivity index (χ0v) is 10.2. The van der Waals surface area contributed by atoms with E-state index < -0.39 is 12.7 Å². The number of rotatable bonds is 4. The molecule has 1 rings (SSSR count). The monoisotopic (exact) mass is 297 g/mol. The van der Waals surface area contributed by atoms with Gasteiger partial charge in [-0.25, -0.2) is 9.97 Å². The van der Waals surface area contributed by atoms with E-state index in [2.05, 4.69) is 31.2 Å². The number of hydrogen-bond acceptors (Lipinski definition) is 3. The van der Waals surface area contributed by atoms with Crippen molar-refractivity contribution in [2.75, 3.05) is 11.9 Å². The number of hydrogen-bond donors (Lipinski definition) is 1. The zero-order valence-electron chi connectivity index (χ0n) is 8.60. The van der Waals surface area contributed by atoms with Crippen molar-refractivity contribution in [1.29, 1.82) is 0 Å². The highest BCUT2D eigenvalue weighted by Crippen LogP contribution is 2.17. The summed E-state index contributed by atoms with van der Waals surface area (Å²) in [6, 6.07) is 1.42. The lowest BCUT2D eigenvalue weighted by Gasteiger charge is -2.09. The first-order chi connectivity index (χ1) is 7.40. The van der Waals surface area contributed by atoms with Crippen LogP contribution in [0.15, 0.2) is 10.7 Å². The van der Waals surface area contributed by atoms with Crippen LogP contribution in [0.4, 0.5) is 19.0 Å². The van der Waals surface area contributed by atoms with Crippen molar-refractivity contribution in [1.82, 2.24) is 9.97 Å². The minimum atomic E-state index is -4.25. The summed E-state index contributed by atoms with van der Waals surface area (Å²) in [6.07, 6.45) is -2.77. The van der Waals surface area contributed by atoms with E-state index in [1.165, 1.54) is 6.07 Å². The molecule has 0 aliphatic carbocycles. The second-order valence-electron chi connectivity index (χ2n) is 3.21. The van der Waals surface area contributed by atoms with Gasteiger partial charge in [0.05, 0.1) is 0 Å². The largest absolute Gasteiger partial charge is 0.405 e. The second-order valence-corrected chi connectivity index (χ2v) is 4.02. The van der Waals surface area contributed by atoms with Gasteiger partial charge in [-0.15, -0.1) is 0 Å². The maximum atomic E-state index is 12.0. The van der Waals surface area contributed by atoms with Gasteiger partial charge in [-0.2, -0.15) is 13.2 Å². The van der Waals surface area contributed by atoms with Crippen LogP contribution in [0.25, 0.3) is 0 Å². The summed E-state index contributed by atoms with van der Waals surface area (Å²) in [6.45, 7) is 0.856. The van der Waals surface area contributed by atoms with Crippen molar-refractivity contribution in [3.8, 4) is 0 Å². The molecule has 16 heavy (non-hydrogen) atoms. The Morgan fingerprint density at radius 1 is 1.38 bits per heavy atom. The maximum Gasteiger partial charge on any atom is 0.405 e. The molecule has 7 heteroatoms. The number of aryl methyl sites for hydroxylation is 1. The molecule has 1 aromatic heterocycles. The van der Waals surface area contributed by atoms with E-state index in [1.807, 2.05) is 6.92 Å². The molecule has 0 saturated carbocycles. The fourth-order valence-corrected chi connectivity index (χ4v) is 1.50. The van der Waals surface area contributed by atoms with Crippen LogP contribution in [0, 0.1) is 0 Å². The lowest BCUT2D eigenvalue weighted by atomic mass is 10.3. The SMILES string of the molecule is CCCc1nc(Br)cc(NCC(F)(F)F)n1. The summed E-state index contributed by atoms with van der Waals surface area (Å²) < 4.78 is 36.4. The van der Waals surface area contributed by atoms with Crippen molar-refractivity contribution in [3.05, 3.63) is 16.5 Å². The molecule has 0 fully saturated rings. The summed E-state index contributed by atoms with van der Waals surface area (Å²) in [5.41, 5.74) is 0. The van der Waals surface area contributed by atoms with E-state index in [0.29, 0.717) is 16.8 Å². The Hall–Kier alpha value is -0.850. The van der Waals surface area contributed by atoms with Crippen LogP contribution in [0.5, 0.6) is 0 Å². The zero-order chi connectivity index (χ0) is 12.2. The number of aromatic nitrogens is 2. The Labute approximate surface area is 99.6 Å². The van der Waals surface area contributed by atoms with Crippen LogP contribution in [-0.2, 0) is 6.42 Å². The molecule has 1 N–H and O–H groups in total. The van der Waals surface area contributed by atoms with E-state index >= 15 is 0 Å².